The summed E-state index contributed by atoms with van der Waals surface area (Å²) in [6.07, 6.45) is -0.123. The van der Waals surface area contributed by atoms with E-state index < -0.39 is 11.4 Å². The zero-order chi connectivity index (χ0) is 25.2. The van der Waals surface area contributed by atoms with Crippen LogP contribution in [0.2, 0.25) is 5.02 Å². The second kappa shape index (κ2) is 9.88. The first kappa shape index (κ1) is 24.4. The third kappa shape index (κ3) is 5.35. The predicted octanol–water partition coefficient (Wildman–Crippen LogP) is 5.23. The molecule has 0 bridgehead atoms. The molecule has 1 heterocycles. The molecule has 1 aliphatic rings. The summed E-state index contributed by atoms with van der Waals surface area (Å²) in [4.78, 5) is 26.5. The largest absolute Gasteiger partial charge is 0.490 e. The fourth-order valence-electron chi connectivity index (χ4n) is 3.80. The van der Waals surface area contributed by atoms with Gasteiger partial charge in [0.15, 0.2) is 0 Å². The Labute approximate surface area is 209 Å². The van der Waals surface area contributed by atoms with E-state index in [-0.39, 0.29) is 12.0 Å². The number of ether oxygens (including phenoxy) is 2. The van der Waals surface area contributed by atoms with Gasteiger partial charge in [-0.2, -0.15) is 0 Å². The molecule has 0 radical (unpaired) electrons. The minimum Gasteiger partial charge on any atom is -0.490 e. The van der Waals surface area contributed by atoms with Gasteiger partial charge in [0, 0.05) is 12.6 Å². The van der Waals surface area contributed by atoms with E-state index in [9.17, 15) is 14.7 Å². The number of carbonyl (C=O) groups is 2. The van der Waals surface area contributed by atoms with Crippen LogP contribution in [0.25, 0.3) is 0 Å². The van der Waals surface area contributed by atoms with Crippen molar-refractivity contribution in [3.05, 3.63) is 82.9 Å². The average molecular weight is 495 g/mol. The molecule has 0 saturated carbocycles. The number of carboxylic acid groups (broad SMARTS) is 1. The highest BCUT2D eigenvalue weighted by Gasteiger charge is 2.30. The number of nitrogens with zero attached hydrogens (tertiary/aromatic N) is 1. The number of anilines is 2. The van der Waals surface area contributed by atoms with Crippen molar-refractivity contribution in [2.45, 2.75) is 25.4 Å². The van der Waals surface area contributed by atoms with Gasteiger partial charge in [0.25, 0.3) is 5.91 Å². The number of benzene rings is 3. The molecule has 0 fully saturated rings. The number of halogens is 1. The van der Waals surface area contributed by atoms with Crippen molar-refractivity contribution in [3.8, 4) is 11.5 Å². The van der Waals surface area contributed by atoms with Gasteiger partial charge in [-0.05, 0) is 67.9 Å². The van der Waals surface area contributed by atoms with Crippen LogP contribution in [0.15, 0.2) is 66.7 Å². The number of carboxylic acids is 1. The lowest BCUT2D eigenvalue weighted by molar-refractivity contribution is -0.142. The average Bonchev–Trinajstić information content (AvgIpc) is 2.84. The lowest BCUT2D eigenvalue weighted by Crippen LogP contribution is -2.41. The zero-order valence-corrected chi connectivity index (χ0v) is 20.5. The summed E-state index contributed by atoms with van der Waals surface area (Å²) in [7, 11) is 2.02. The maximum Gasteiger partial charge on any atom is 0.313 e. The van der Waals surface area contributed by atoms with E-state index in [1.807, 2.05) is 31.3 Å². The van der Waals surface area contributed by atoms with E-state index in [0.29, 0.717) is 40.7 Å². The van der Waals surface area contributed by atoms with Crippen molar-refractivity contribution >= 4 is 34.9 Å². The molecule has 182 valence electrons. The Kier molecular flexibility index (Phi) is 6.89. The highest BCUT2D eigenvalue weighted by atomic mass is 35.5. The molecule has 0 aliphatic carbocycles. The van der Waals surface area contributed by atoms with Crippen LogP contribution in [0.3, 0.4) is 0 Å². The number of aliphatic carboxylic acids is 1. The molecule has 8 heteroatoms. The lowest BCUT2D eigenvalue weighted by Gasteiger charge is -2.33. The Morgan fingerprint density at radius 3 is 2.57 bits per heavy atom. The summed E-state index contributed by atoms with van der Waals surface area (Å²) in [5.74, 6) is 0.117. The maximum absolute atomic E-state index is 12.8. The van der Waals surface area contributed by atoms with Gasteiger partial charge < -0.3 is 24.8 Å². The molecule has 1 aliphatic heterocycles. The lowest BCUT2D eigenvalue weighted by atomic mass is 9.84. The number of hydrogen-bond donors (Lipinski definition) is 2. The fourth-order valence-corrected chi connectivity index (χ4v) is 3.96. The molecule has 7 nitrogen and oxygen atoms in total. The molecule has 1 atom stereocenters. The van der Waals surface area contributed by atoms with Crippen molar-refractivity contribution in [2.75, 3.05) is 30.4 Å². The molecule has 0 aromatic heterocycles. The third-order valence-corrected chi connectivity index (χ3v) is 6.40. The zero-order valence-electron chi connectivity index (χ0n) is 19.7. The Bertz CT molecular complexity index is 1240. The molecule has 0 saturated heterocycles. The summed E-state index contributed by atoms with van der Waals surface area (Å²) < 4.78 is 11.9. The fraction of sp³-hybridized carbons (Fsp3) is 0.259. The van der Waals surface area contributed by atoms with Gasteiger partial charge >= 0.3 is 5.97 Å². The van der Waals surface area contributed by atoms with Crippen molar-refractivity contribution < 1.29 is 24.2 Å². The van der Waals surface area contributed by atoms with E-state index in [4.69, 9.17) is 21.1 Å². The Morgan fingerprint density at radius 1 is 1.14 bits per heavy atom. The second-order valence-electron chi connectivity index (χ2n) is 9.00. The van der Waals surface area contributed by atoms with Crippen molar-refractivity contribution in [3.63, 3.8) is 0 Å². The number of amides is 1. The minimum absolute atomic E-state index is 0.123. The highest BCUT2D eigenvalue weighted by Crippen LogP contribution is 2.33. The normalized spacial score (nSPS) is 15.1. The van der Waals surface area contributed by atoms with Crippen molar-refractivity contribution in [2.24, 2.45) is 0 Å². The Balaban J connectivity index is 1.38. The number of para-hydroxylation sites is 2. The predicted molar refractivity (Wildman–Crippen MR) is 136 cm³/mol. The number of hydrogen-bond acceptors (Lipinski definition) is 5. The van der Waals surface area contributed by atoms with Crippen LogP contribution in [-0.4, -0.2) is 43.3 Å². The maximum atomic E-state index is 12.8. The summed E-state index contributed by atoms with van der Waals surface area (Å²) in [5.41, 5.74) is 1.23. The van der Waals surface area contributed by atoms with E-state index >= 15 is 0 Å². The number of fused-ring (bicyclic) bond motifs is 1. The van der Waals surface area contributed by atoms with E-state index in [1.54, 1.807) is 56.3 Å². The van der Waals surface area contributed by atoms with Crippen molar-refractivity contribution in [1.82, 2.24) is 0 Å². The summed E-state index contributed by atoms with van der Waals surface area (Å²) in [5, 5.41) is 12.6. The van der Waals surface area contributed by atoms with Crippen LogP contribution in [0.1, 0.15) is 29.8 Å². The van der Waals surface area contributed by atoms with Gasteiger partial charge in [-0.3, -0.25) is 9.59 Å². The first-order chi connectivity index (χ1) is 16.6. The topological polar surface area (TPSA) is 88.1 Å². The van der Waals surface area contributed by atoms with Gasteiger partial charge in [0.05, 0.1) is 28.4 Å². The Hall–Kier alpha value is -3.71. The SMILES string of the molecule is CN1C[C@@H](COc2ccc(C(=O)Nc3cc(C(C)(C)C(=O)O)ccc3Cl)cc2)Oc2ccccc21. The molecule has 1 amide bonds. The van der Waals surface area contributed by atoms with Crippen LogP contribution < -0.4 is 19.7 Å². The van der Waals surface area contributed by atoms with Gasteiger partial charge in [-0.15, -0.1) is 0 Å². The number of nitrogens with one attached hydrogen (secondary N) is 1. The summed E-state index contributed by atoms with van der Waals surface area (Å²) in [6, 6.07) is 19.5. The van der Waals surface area contributed by atoms with E-state index in [2.05, 4.69) is 10.2 Å². The first-order valence-electron chi connectivity index (χ1n) is 11.2. The molecule has 35 heavy (non-hydrogen) atoms. The molecule has 4 rings (SSSR count). The standard InChI is InChI=1S/C27H27ClN2O5/c1-27(2,26(32)33)18-10-13-21(28)22(14-18)29-25(31)17-8-11-19(12-9-17)34-16-20-15-30(3)23-6-4-5-7-24(23)35-20/h4-14,20H,15-16H2,1-3H3,(H,29,31)(H,32,33)/t20-/m0/s1. The number of carbonyl (C=O) groups excluding carboxylic acids is 1. The van der Waals surface area contributed by atoms with Crippen LogP contribution in [0.4, 0.5) is 11.4 Å². The van der Waals surface area contributed by atoms with Crippen molar-refractivity contribution in [1.29, 1.82) is 0 Å². The van der Waals surface area contributed by atoms with Crippen LogP contribution in [0, 0.1) is 0 Å². The summed E-state index contributed by atoms with van der Waals surface area (Å²) in [6.45, 7) is 4.26. The van der Waals surface area contributed by atoms with Crippen LogP contribution in [0.5, 0.6) is 11.5 Å². The van der Waals surface area contributed by atoms with Crippen LogP contribution in [-0.2, 0) is 10.2 Å². The van der Waals surface area contributed by atoms with Crippen LogP contribution >= 0.6 is 11.6 Å². The monoisotopic (exact) mass is 494 g/mol. The highest BCUT2D eigenvalue weighted by molar-refractivity contribution is 6.34. The van der Waals surface area contributed by atoms with Gasteiger partial charge in [0.2, 0.25) is 0 Å². The molecule has 3 aromatic rings. The molecular formula is C27H27ClN2O5. The quantitative estimate of drug-likeness (QED) is 0.467. The van der Waals surface area contributed by atoms with E-state index in [1.165, 1.54) is 0 Å². The second-order valence-corrected chi connectivity index (χ2v) is 9.41. The summed E-state index contributed by atoms with van der Waals surface area (Å²) >= 11 is 6.24. The van der Waals surface area contributed by atoms with Gasteiger partial charge in [-0.1, -0.05) is 29.8 Å². The van der Waals surface area contributed by atoms with Gasteiger partial charge in [0.1, 0.15) is 24.2 Å². The molecular weight excluding hydrogens is 468 g/mol. The molecule has 2 N–H and O–H groups in total. The molecule has 3 aromatic carbocycles. The smallest absolute Gasteiger partial charge is 0.313 e. The van der Waals surface area contributed by atoms with Gasteiger partial charge in [-0.25, -0.2) is 0 Å². The Morgan fingerprint density at radius 2 is 1.86 bits per heavy atom. The third-order valence-electron chi connectivity index (χ3n) is 6.07. The minimum atomic E-state index is -1.12. The molecule has 0 unspecified atom stereocenters. The molecule has 0 spiro atoms. The number of likely N-dealkylation sites (N-methyl/N-ethyl adjacent to an activating group) is 1. The number of rotatable bonds is 7. The van der Waals surface area contributed by atoms with E-state index in [0.717, 1.165) is 11.4 Å². The first-order valence-corrected chi connectivity index (χ1v) is 11.6.